The molecule has 106 valence electrons. The minimum atomic E-state index is -4.47. The maximum atomic E-state index is 12.6. The summed E-state index contributed by atoms with van der Waals surface area (Å²) in [5.74, 6) is -0.0415. The van der Waals surface area contributed by atoms with Gasteiger partial charge in [0.15, 0.2) is 5.15 Å². The summed E-state index contributed by atoms with van der Waals surface area (Å²) < 4.78 is 42.8. The third kappa shape index (κ3) is 2.94. The summed E-state index contributed by atoms with van der Waals surface area (Å²) in [6.07, 6.45) is -4.47. The number of nitrogens with zero attached hydrogens (tertiary/aromatic N) is 3. The highest BCUT2D eigenvalue weighted by atomic mass is 35.5. The Labute approximate surface area is 121 Å². The normalized spacial score (nSPS) is 11.5. The number of methoxy groups -OCH3 is 1. The Morgan fingerprint density at radius 2 is 1.85 bits per heavy atom. The molecule has 0 aliphatic carbocycles. The SMILES string of the molecule is COc1cc(C(F)(F)F)ccc1-c1nnc(Cl)nc1Cl. The van der Waals surface area contributed by atoms with E-state index in [0.29, 0.717) is 0 Å². The Morgan fingerprint density at radius 3 is 2.40 bits per heavy atom. The maximum Gasteiger partial charge on any atom is 0.416 e. The van der Waals surface area contributed by atoms with E-state index in [-0.39, 0.29) is 27.4 Å². The van der Waals surface area contributed by atoms with Crippen LogP contribution in [0.4, 0.5) is 13.2 Å². The van der Waals surface area contributed by atoms with E-state index in [1.807, 2.05) is 0 Å². The summed E-state index contributed by atoms with van der Waals surface area (Å²) in [6.45, 7) is 0. The molecule has 2 aromatic rings. The zero-order valence-electron chi connectivity index (χ0n) is 9.87. The van der Waals surface area contributed by atoms with E-state index in [0.717, 1.165) is 12.1 Å². The van der Waals surface area contributed by atoms with Crippen LogP contribution in [-0.2, 0) is 6.18 Å². The van der Waals surface area contributed by atoms with Crippen LogP contribution in [0.25, 0.3) is 11.3 Å². The Bertz CT molecular complexity index is 649. The predicted molar refractivity (Wildman–Crippen MR) is 66.8 cm³/mol. The molecule has 0 spiro atoms. The van der Waals surface area contributed by atoms with E-state index in [1.165, 1.54) is 13.2 Å². The largest absolute Gasteiger partial charge is 0.496 e. The fourth-order valence-corrected chi connectivity index (χ4v) is 1.90. The van der Waals surface area contributed by atoms with Gasteiger partial charge in [0.1, 0.15) is 11.4 Å². The van der Waals surface area contributed by atoms with Crippen molar-refractivity contribution in [3.8, 4) is 17.0 Å². The molecule has 0 saturated carbocycles. The van der Waals surface area contributed by atoms with Crippen molar-refractivity contribution in [1.29, 1.82) is 0 Å². The second-order valence-corrected chi connectivity index (χ2v) is 4.33. The van der Waals surface area contributed by atoms with Crippen LogP contribution in [0.3, 0.4) is 0 Å². The molecule has 2 rings (SSSR count). The lowest BCUT2D eigenvalue weighted by molar-refractivity contribution is -0.137. The second kappa shape index (κ2) is 5.41. The van der Waals surface area contributed by atoms with E-state index in [4.69, 9.17) is 27.9 Å². The topological polar surface area (TPSA) is 47.9 Å². The van der Waals surface area contributed by atoms with Crippen molar-refractivity contribution in [2.24, 2.45) is 0 Å². The first kappa shape index (κ1) is 14.8. The molecule has 1 aromatic heterocycles. The van der Waals surface area contributed by atoms with Gasteiger partial charge in [-0.1, -0.05) is 11.6 Å². The molecule has 0 bridgehead atoms. The first-order valence-corrected chi connectivity index (χ1v) is 5.90. The lowest BCUT2D eigenvalue weighted by Gasteiger charge is -2.12. The Balaban J connectivity index is 2.57. The molecule has 0 unspecified atom stereocenters. The molecule has 0 radical (unpaired) electrons. The fraction of sp³-hybridized carbons (Fsp3) is 0.182. The van der Waals surface area contributed by atoms with Gasteiger partial charge in [-0.05, 0) is 29.8 Å². The zero-order valence-corrected chi connectivity index (χ0v) is 11.4. The van der Waals surface area contributed by atoms with Crippen LogP contribution in [0.15, 0.2) is 18.2 Å². The molecule has 1 heterocycles. The van der Waals surface area contributed by atoms with E-state index in [1.54, 1.807) is 0 Å². The lowest BCUT2D eigenvalue weighted by atomic mass is 10.1. The van der Waals surface area contributed by atoms with Gasteiger partial charge in [0.2, 0.25) is 5.28 Å². The smallest absolute Gasteiger partial charge is 0.416 e. The van der Waals surface area contributed by atoms with Crippen molar-refractivity contribution < 1.29 is 17.9 Å². The molecule has 0 saturated heterocycles. The Morgan fingerprint density at radius 1 is 1.15 bits per heavy atom. The molecule has 0 aliphatic heterocycles. The van der Waals surface area contributed by atoms with Crippen LogP contribution >= 0.6 is 23.2 Å². The lowest BCUT2D eigenvalue weighted by Crippen LogP contribution is -2.05. The average molecular weight is 324 g/mol. The number of hydrogen-bond acceptors (Lipinski definition) is 4. The summed E-state index contributed by atoms with van der Waals surface area (Å²) in [4.78, 5) is 3.68. The molecule has 0 N–H and O–H groups in total. The highest BCUT2D eigenvalue weighted by Crippen LogP contribution is 2.37. The number of benzene rings is 1. The molecule has 1 aromatic carbocycles. The molecule has 0 aliphatic rings. The van der Waals surface area contributed by atoms with E-state index >= 15 is 0 Å². The van der Waals surface area contributed by atoms with Gasteiger partial charge >= 0.3 is 6.18 Å². The highest BCUT2D eigenvalue weighted by molar-refractivity contribution is 6.33. The van der Waals surface area contributed by atoms with Crippen LogP contribution in [0, 0.1) is 0 Å². The summed E-state index contributed by atoms with van der Waals surface area (Å²) in [7, 11) is 1.24. The van der Waals surface area contributed by atoms with Crippen LogP contribution < -0.4 is 4.74 Å². The van der Waals surface area contributed by atoms with Gasteiger partial charge in [-0.2, -0.15) is 13.2 Å². The number of alkyl halides is 3. The third-order valence-corrected chi connectivity index (χ3v) is 2.83. The number of ether oxygens (including phenoxy) is 1. The number of rotatable bonds is 2. The van der Waals surface area contributed by atoms with Gasteiger partial charge in [0, 0.05) is 5.56 Å². The molecular weight excluding hydrogens is 318 g/mol. The third-order valence-electron chi connectivity index (χ3n) is 2.40. The maximum absolute atomic E-state index is 12.6. The van der Waals surface area contributed by atoms with E-state index in [9.17, 15) is 13.2 Å². The highest BCUT2D eigenvalue weighted by Gasteiger charge is 2.31. The number of aromatic nitrogens is 3. The van der Waals surface area contributed by atoms with Crippen molar-refractivity contribution in [3.63, 3.8) is 0 Å². The zero-order chi connectivity index (χ0) is 14.9. The van der Waals surface area contributed by atoms with Crippen LogP contribution in [0.5, 0.6) is 5.75 Å². The summed E-state index contributed by atoms with van der Waals surface area (Å²) in [5, 5.41) is 6.97. The molecule has 20 heavy (non-hydrogen) atoms. The van der Waals surface area contributed by atoms with Gasteiger partial charge in [0.25, 0.3) is 0 Å². The van der Waals surface area contributed by atoms with E-state index < -0.39 is 11.7 Å². The molecule has 0 amide bonds. The van der Waals surface area contributed by atoms with Gasteiger partial charge in [0.05, 0.1) is 12.7 Å². The average Bonchev–Trinajstić information content (AvgIpc) is 2.37. The van der Waals surface area contributed by atoms with Gasteiger partial charge in [-0.15, -0.1) is 10.2 Å². The molecule has 4 nitrogen and oxygen atoms in total. The van der Waals surface area contributed by atoms with Gasteiger partial charge < -0.3 is 4.74 Å². The first-order chi connectivity index (χ1) is 9.32. The Kier molecular flexibility index (Phi) is 4.01. The minimum absolute atomic E-state index is 0.0415. The molecule has 0 fully saturated rings. The number of halogens is 5. The Hall–Kier alpha value is -1.60. The van der Waals surface area contributed by atoms with Crippen molar-refractivity contribution >= 4 is 23.2 Å². The van der Waals surface area contributed by atoms with Gasteiger partial charge in [-0.3, -0.25) is 0 Å². The molecule has 9 heteroatoms. The van der Waals surface area contributed by atoms with Crippen molar-refractivity contribution in [2.75, 3.05) is 7.11 Å². The van der Waals surface area contributed by atoms with Crippen LogP contribution in [0.1, 0.15) is 5.56 Å². The summed E-state index contributed by atoms with van der Waals surface area (Å²) in [6, 6.07) is 2.93. The van der Waals surface area contributed by atoms with Crippen LogP contribution in [-0.4, -0.2) is 22.3 Å². The standard InChI is InChI=1S/C11H6Cl2F3N3O/c1-20-7-4-5(11(14,15)16)2-3-6(7)8-9(12)17-10(13)19-18-8/h2-4H,1H3. The predicted octanol–water partition coefficient (Wildman–Crippen LogP) is 3.87. The van der Waals surface area contributed by atoms with Crippen molar-refractivity contribution in [1.82, 2.24) is 15.2 Å². The van der Waals surface area contributed by atoms with Gasteiger partial charge in [-0.25, -0.2) is 4.98 Å². The summed E-state index contributed by atoms with van der Waals surface area (Å²) in [5.41, 5.74) is -0.520. The van der Waals surface area contributed by atoms with Crippen molar-refractivity contribution in [2.45, 2.75) is 6.18 Å². The first-order valence-electron chi connectivity index (χ1n) is 5.14. The van der Waals surface area contributed by atoms with Crippen molar-refractivity contribution in [3.05, 3.63) is 34.2 Å². The monoisotopic (exact) mass is 323 g/mol. The van der Waals surface area contributed by atoms with E-state index in [2.05, 4.69) is 15.2 Å². The second-order valence-electron chi connectivity index (χ2n) is 3.63. The molecule has 0 atom stereocenters. The molecular formula is C11H6Cl2F3N3O. The fourth-order valence-electron chi connectivity index (χ4n) is 1.52. The minimum Gasteiger partial charge on any atom is -0.496 e. The van der Waals surface area contributed by atoms with Crippen LogP contribution in [0.2, 0.25) is 10.4 Å². The quantitative estimate of drug-likeness (QED) is 0.841. The summed E-state index contributed by atoms with van der Waals surface area (Å²) >= 11 is 11.4. The number of hydrogen-bond donors (Lipinski definition) is 0.